The minimum atomic E-state index is -3.56. The van der Waals surface area contributed by atoms with E-state index in [4.69, 9.17) is 9.47 Å². The van der Waals surface area contributed by atoms with Crippen molar-refractivity contribution >= 4 is 0 Å². The number of ether oxygens (including phenoxy) is 2. The summed E-state index contributed by atoms with van der Waals surface area (Å²) in [7, 11) is 0. The molecule has 2 nitrogen and oxygen atoms in total. The fourth-order valence-electron chi connectivity index (χ4n) is 4.12. The zero-order chi connectivity index (χ0) is 22.9. The van der Waals surface area contributed by atoms with Crippen molar-refractivity contribution in [3.8, 4) is 22.6 Å². The second kappa shape index (κ2) is 8.85. The average Bonchev–Trinajstić information content (AvgIpc) is 2.76. The van der Waals surface area contributed by atoms with Gasteiger partial charge in [-0.25, -0.2) is 17.6 Å². The number of alkyl halides is 2. The SMILES string of the molecule is CCCc1ccc(OCc2ccc3c(c2F)C(F)(F)Cc2c-3ccc(OCC)c2F)cc1. The van der Waals surface area contributed by atoms with Crippen LogP contribution in [0.3, 0.4) is 0 Å². The van der Waals surface area contributed by atoms with Crippen molar-refractivity contribution in [1.29, 1.82) is 0 Å². The first-order valence-electron chi connectivity index (χ1n) is 10.7. The number of hydrogen-bond donors (Lipinski definition) is 0. The third-order valence-electron chi connectivity index (χ3n) is 5.64. The lowest BCUT2D eigenvalue weighted by Crippen LogP contribution is -2.26. The molecule has 0 aromatic heterocycles. The summed E-state index contributed by atoms with van der Waals surface area (Å²) in [5, 5.41) is 0. The summed E-state index contributed by atoms with van der Waals surface area (Å²) in [6.45, 7) is 3.79. The zero-order valence-corrected chi connectivity index (χ0v) is 18.0. The highest BCUT2D eigenvalue weighted by atomic mass is 19.3. The van der Waals surface area contributed by atoms with Crippen LogP contribution in [0.15, 0.2) is 48.5 Å². The van der Waals surface area contributed by atoms with E-state index >= 15 is 13.2 Å². The molecule has 1 aliphatic rings. The van der Waals surface area contributed by atoms with Crippen LogP contribution < -0.4 is 9.47 Å². The number of fused-ring (bicyclic) bond motifs is 3. The van der Waals surface area contributed by atoms with E-state index in [9.17, 15) is 4.39 Å². The molecule has 168 valence electrons. The summed E-state index contributed by atoms with van der Waals surface area (Å²) < 4.78 is 70.8. The minimum Gasteiger partial charge on any atom is -0.491 e. The average molecular weight is 444 g/mol. The van der Waals surface area contributed by atoms with Crippen LogP contribution in [0.25, 0.3) is 11.1 Å². The number of halogens is 4. The van der Waals surface area contributed by atoms with E-state index in [-0.39, 0.29) is 41.2 Å². The maximum atomic E-state index is 15.2. The fraction of sp³-hybridized carbons (Fsp3) is 0.308. The second-order valence-electron chi connectivity index (χ2n) is 7.86. The molecular weight excluding hydrogens is 420 g/mol. The van der Waals surface area contributed by atoms with Crippen LogP contribution >= 0.6 is 0 Å². The van der Waals surface area contributed by atoms with Crippen molar-refractivity contribution in [2.24, 2.45) is 0 Å². The molecule has 0 bridgehead atoms. The normalized spacial score (nSPS) is 13.9. The molecular formula is C26H24F4O2. The van der Waals surface area contributed by atoms with Gasteiger partial charge in [0.05, 0.1) is 12.2 Å². The molecule has 3 aromatic carbocycles. The van der Waals surface area contributed by atoms with Gasteiger partial charge in [0.1, 0.15) is 18.2 Å². The van der Waals surface area contributed by atoms with Gasteiger partial charge in [0.25, 0.3) is 5.92 Å². The maximum Gasteiger partial charge on any atom is 0.280 e. The summed E-state index contributed by atoms with van der Waals surface area (Å²) in [6, 6.07) is 13.1. The first kappa shape index (κ1) is 22.2. The Morgan fingerprint density at radius 3 is 2.25 bits per heavy atom. The quantitative estimate of drug-likeness (QED) is 0.359. The van der Waals surface area contributed by atoms with Crippen molar-refractivity contribution in [3.05, 3.63) is 82.4 Å². The topological polar surface area (TPSA) is 18.5 Å². The van der Waals surface area contributed by atoms with Crippen LogP contribution in [0, 0.1) is 11.6 Å². The summed E-state index contributed by atoms with van der Waals surface area (Å²) in [6.07, 6.45) is 1.04. The lowest BCUT2D eigenvalue weighted by molar-refractivity contribution is -0.00947. The molecule has 0 radical (unpaired) electrons. The zero-order valence-electron chi connectivity index (χ0n) is 18.0. The summed E-state index contributed by atoms with van der Waals surface area (Å²) in [4.78, 5) is 0. The lowest BCUT2D eigenvalue weighted by atomic mass is 9.81. The van der Waals surface area contributed by atoms with E-state index in [1.807, 2.05) is 12.1 Å². The molecule has 0 saturated carbocycles. The highest BCUT2D eigenvalue weighted by Gasteiger charge is 2.44. The molecule has 0 atom stereocenters. The maximum absolute atomic E-state index is 15.2. The molecule has 0 aliphatic heterocycles. The lowest BCUT2D eigenvalue weighted by Gasteiger charge is -2.29. The first-order valence-corrected chi connectivity index (χ1v) is 10.7. The van der Waals surface area contributed by atoms with Crippen LogP contribution in [0.1, 0.15) is 42.5 Å². The molecule has 4 rings (SSSR count). The largest absolute Gasteiger partial charge is 0.491 e. The fourth-order valence-corrected chi connectivity index (χ4v) is 4.12. The Labute approximate surface area is 184 Å². The molecule has 0 unspecified atom stereocenters. The highest BCUT2D eigenvalue weighted by molar-refractivity contribution is 5.76. The van der Waals surface area contributed by atoms with Crippen LogP contribution in [-0.2, 0) is 25.4 Å². The van der Waals surface area contributed by atoms with Gasteiger partial charge in [0, 0.05) is 17.5 Å². The molecule has 0 heterocycles. The minimum absolute atomic E-state index is 0.0108. The molecule has 3 aromatic rings. The van der Waals surface area contributed by atoms with Gasteiger partial charge in [-0.3, -0.25) is 0 Å². The Balaban J connectivity index is 1.66. The van der Waals surface area contributed by atoms with Crippen molar-refractivity contribution in [2.75, 3.05) is 6.61 Å². The van der Waals surface area contributed by atoms with Crippen molar-refractivity contribution < 1.29 is 27.0 Å². The molecule has 0 spiro atoms. The Bertz CT molecular complexity index is 1120. The third kappa shape index (κ3) is 4.06. The van der Waals surface area contributed by atoms with Gasteiger partial charge >= 0.3 is 0 Å². The molecule has 0 fully saturated rings. The van der Waals surface area contributed by atoms with Gasteiger partial charge in [0.15, 0.2) is 11.6 Å². The molecule has 0 amide bonds. The van der Waals surface area contributed by atoms with E-state index in [0.29, 0.717) is 5.75 Å². The van der Waals surface area contributed by atoms with E-state index in [1.165, 1.54) is 24.3 Å². The van der Waals surface area contributed by atoms with Gasteiger partial charge in [-0.2, -0.15) is 0 Å². The predicted molar refractivity (Wildman–Crippen MR) is 115 cm³/mol. The van der Waals surface area contributed by atoms with E-state index in [1.54, 1.807) is 19.1 Å². The second-order valence-corrected chi connectivity index (χ2v) is 7.86. The van der Waals surface area contributed by atoms with Gasteiger partial charge in [0.2, 0.25) is 0 Å². The Hall–Kier alpha value is -3.02. The third-order valence-corrected chi connectivity index (χ3v) is 5.64. The molecule has 0 saturated heterocycles. The van der Waals surface area contributed by atoms with Crippen LogP contribution in [0.4, 0.5) is 17.6 Å². The van der Waals surface area contributed by atoms with Gasteiger partial charge in [-0.15, -0.1) is 0 Å². The Kier molecular flexibility index (Phi) is 6.13. The smallest absolute Gasteiger partial charge is 0.280 e. The van der Waals surface area contributed by atoms with Crippen LogP contribution in [0.2, 0.25) is 0 Å². The number of aryl methyl sites for hydroxylation is 1. The van der Waals surface area contributed by atoms with Crippen LogP contribution in [-0.4, -0.2) is 6.61 Å². The number of hydrogen-bond acceptors (Lipinski definition) is 2. The molecule has 1 aliphatic carbocycles. The number of rotatable bonds is 7. The summed E-state index contributed by atoms with van der Waals surface area (Å²) in [5.41, 5.74) is 0.555. The monoisotopic (exact) mass is 444 g/mol. The van der Waals surface area contributed by atoms with Gasteiger partial charge < -0.3 is 9.47 Å². The Morgan fingerprint density at radius 1 is 0.844 bits per heavy atom. The molecule has 32 heavy (non-hydrogen) atoms. The predicted octanol–water partition coefficient (Wildman–Crippen LogP) is 7.21. The van der Waals surface area contributed by atoms with Gasteiger partial charge in [-0.1, -0.05) is 43.7 Å². The number of benzene rings is 3. The summed E-state index contributed by atoms with van der Waals surface area (Å²) in [5.74, 6) is -4.95. The molecule has 6 heteroatoms. The van der Waals surface area contributed by atoms with Gasteiger partial charge in [-0.05, 0) is 48.2 Å². The first-order chi connectivity index (χ1) is 15.4. The van der Waals surface area contributed by atoms with Crippen molar-refractivity contribution in [1.82, 2.24) is 0 Å². The van der Waals surface area contributed by atoms with Crippen LogP contribution in [0.5, 0.6) is 11.5 Å². The van der Waals surface area contributed by atoms with E-state index in [2.05, 4.69) is 6.92 Å². The highest BCUT2D eigenvalue weighted by Crippen LogP contribution is 2.48. The molecule has 0 N–H and O–H groups in total. The standard InChI is InChI=1S/C26H24F4O2/c1-3-5-16-6-9-18(10-7-16)32-15-17-8-11-20-19-12-13-22(31-4-2)25(28)21(19)14-26(29,30)23(20)24(17)27/h6-13H,3-5,14-15H2,1-2H3. The summed E-state index contributed by atoms with van der Waals surface area (Å²) >= 11 is 0. The van der Waals surface area contributed by atoms with Crippen molar-refractivity contribution in [2.45, 2.75) is 45.6 Å². The van der Waals surface area contributed by atoms with E-state index in [0.717, 1.165) is 18.4 Å². The van der Waals surface area contributed by atoms with E-state index < -0.39 is 29.5 Å². The Morgan fingerprint density at radius 2 is 1.56 bits per heavy atom. The van der Waals surface area contributed by atoms with Crippen molar-refractivity contribution in [3.63, 3.8) is 0 Å².